The van der Waals surface area contributed by atoms with Crippen molar-refractivity contribution in [2.75, 3.05) is 5.73 Å². The van der Waals surface area contributed by atoms with Crippen LogP contribution < -0.4 is 16.0 Å². The van der Waals surface area contributed by atoms with Gasteiger partial charge in [-0.2, -0.15) is 18.6 Å². The number of hydrogen-bond donors (Lipinski definition) is 1. The largest absolute Gasteiger partial charge is 0.435 e. The van der Waals surface area contributed by atoms with Crippen molar-refractivity contribution in [2.45, 2.75) is 13.5 Å². The monoisotopic (exact) mass is 293 g/mol. The summed E-state index contributed by atoms with van der Waals surface area (Å²) in [6.07, 6.45) is 1.40. The molecule has 0 amide bonds. The minimum absolute atomic E-state index is 0.0502. The number of hydrogen-bond acceptors (Lipinski definition) is 4. The van der Waals surface area contributed by atoms with Crippen molar-refractivity contribution in [3.05, 3.63) is 57.9 Å². The molecule has 7 heteroatoms. The number of halogens is 2. The van der Waals surface area contributed by atoms with Crippen LogP contribution in [-0.4, -0.2) is 17.5 Å². The van der Waals surface area contributed by atoms with Crippen LogP contribution in [-0.2, 0) is 0 Å². The van der Waals surface area contributed by atoms with E-state index in [2.05, 4.69) is 9.84 Å². The number of nitrogens with zero attached hydrogens (tertiary/aromatic N) is 2. The van der Waals surface area contributed by atoms with Crippen molar-refractivity contribution < 1.29 is 13.5 Å². The minimum Gasteiger partial charge on any atom is -0.435 e. The van der Waals surface area contributed by atoms with Crippen LogP contribution in [0.15, 0.2) is 46.3 Å². The molecule has 0 aliphatic rings. The predicted octanol–water partition coefficient (Wildman–Crippen LogP) is 2.22. The van der Waals surface area contributed by atoms with Crippen molar-refractivity contribution >= 4 is 12.0 Å². The van der Waals surface area contributed by atoms with Gasteiger partial charge in [0.15, 0.2) is 0 Å². The van der Waals surface area contributed by atoms with Crippen LogP contribution in [0, 0.1) is 6.92 Å². The zero-order chi connectivity index (χ0) is 15.4. The molecule has 110 valence electrons. The lowest BCUT2D eigenvalue weighted by Crippen LogP contribution is -2.19. The summed E-state index contributed by atoms with van der Waals surface area (Å²) in [6.45, 7) is -1.11. The lowest BCUT2D eigenvalue weighted by molar-refractivity contribution is -0.0498. The molecule has 2 aromatic rings. The lowest BCUT2D eigenvalue weighted by Gasteiger charge is -2.05. The summed E-state index contributed by atoms with van der Waals surface area (Å²) >= 11 is 0. The molecule has 1 heterocycles. The molecular formula is C14H13F2N3O2. The number of ether oxygens (including phenoxy) is 1. The molecule has 0 aliphatic carbocycles. The molecular weight excluding hydrogens is 280 g/mol. The van der Waals surface area contributed by atoms with Gasteiger partial charge in [-0.05, 0) is 48.4 Å². The molecule has 0 fully saturated rings. The van der Waals surface area contributed by atoms with Gasteiger partial charge in [0.05, 0.1) is 6.21 Å². The van der Waals surface area contributed by atoms with E-state index in [-0.39, 0.29) is 17.1 Å². The number of rotatable bonds is 4. The van der Waals surface area contributed by atoms with E-state index in [0.717, 1.165) is 10.2 Å². The smallest absolute Gasteiger partial charge is 0.387 e. The van der Waals surface area contributed by atoms with Gasteiger partial charge >= 0.3 is 6.61 Å². The highest BCUT2D eigenvalue weighted by Gasteiger charge is 2.03. The second kappa shape index (κ2) is 6.17. The van der Waals surface area contributed by atoms with Crippen LogP contribution in [0.1, 0.15) is 11.1 Å². The van der Waals surface area contributed by atoms with E-state index in [1.165, 1.54) is 36.5 Å². The summed E-state index contributed by atoms with van der Waals surface area (Å²) in [5, 5.41) is 3.97. The van der Waals surface area contributed by atoms with Crippen LogP contribution in [0.25, 0.3) is 0 Å². The second-order valence-corrected chi connectivity index (χ2v) is 4.30. The molecule has 0 saturated heterocycles. The maximum Gasteiger partial charge on any atom is 0.387 e. The van der Waals surface area contributed by atoms with Crippen molar-refractivity contribution in [3.8, 4) is 5.75 Å². The molecule has 1 aromatic heterocycles. The Hall–Kier alpha value is -2.70. The maximum atomic E-state index is 12.0. The van der Waals surface area contributed by atoms with Crippen LogP contribution in [0.3, 0.4) is 0 Å². The third-order valence-corrected chi connectivity index (χ3v) is 2.61. The van der Waals surface area contributed by atoms with Gasteiger partial charge in [0.1, 0.15) is 11.6 Å². The molecule has 2 N–H and O–H groups in total. The van der Waals surface area contributed by atoms with E-state index >= 15 is 0 Å². The summed E-state index contributed by atoms with van der Waals surface area (Å²) < 4.78 is 29.3. The van der Waals surface area contributed by atoms with Crippen molar-refractivity contribution in [3.63, 3.8) is 0 Å². The maximum absolute atomic E-state index is 12.0. The van der Waals surface area contributed by atoms with Crippen molar-refractivity contribution in [2.24, 2.45) is 5.10 Å². The highest BCUT2D eigenvalue weighted by atomic mass is 19.3. The Labute approximate surface area is 119 Å². The molecule has 21 heavy (non-hydrogen) atoms. The number of nitrogens with two attached hydrogens (primary N) is 1. The number of aryl methyl sites for hydroxylation is 1. The topological polar surface area (TPSA) is 69.6 Å². The first-order valence-corrected chi connectivity index (χ1v) is 6.04. The van der Waals surface area contributed by atoms with Gasteiger partial charge in [-0.1, -0.05) is 0 Å². The molecule has 0 saturated carbocycles. The van der Waals surface area contributed by atoms with Gasteiger partial charge in [-0.25, -0.2) is 0 Å². The summed E-state index contributed by atoms with van der Waals surface area (Å²) in [7, 11) is 0. The molecule has 5 nitrogen and oxygen atoms in total. The molecule has 1 aromatic carbocycles. The van der Waals surface area contributed by atoms with Crippen LogP contribution in [0.5, 0.6) is 5.75 Å². The fourth-order valence-electron chi connectivity index (χ4n) is 1.70. The zero-order valence-corrected chi connectivity index (χ0v) is 11.2. The number of alkyl halides is 2. The SMILES string of the molecule is Cc1cc(N)n(/N=C\c2ccc(OC(F)F)cc2)c(=O)c1. The Balaban J connectivity index is 2.20. The summed E-state index contributed by atoms with van der Waals surface area (Å²) in [6, 6.07) is 8.88. The van der Waals surface area contributed by atoms with Crippen molar-refractivity contribution in [1.82, 2.24) is 4.68 Å². The molecule has 0 spiro atoms. The normalized spacial score (nSPS) is 11.2. The Bertz CT molecular complexity index is 709. The van der Waals surface area contributed by atoms with E-state index < -0.39 is 6.61 Å². The fraction of sp³-hybridized carbons (Fsp3) is 0.143. The molecule has 0 atom stereocenters. The van der Waals surface area contributed by atoms with Gasteiger partial charge in [0, 0.05) is 6.07 Å². The first-order chi connectivity index (χ1) is 9.95. The quantitative estimate of drug-likeness (QED) is 0.879. The molecule has 0 unspecified atom stereocenters. The van der Waals surface area contributed by atoms with Crippen LogP contribution >= 0.6 is 0 Å². The number of aromatic nitrogens is 1. The molecule has 2 rings (SSSR count). The Morgan fingerprint density at radius 1 is 1.29 bits per heavy atom. The number of anilines is 1. The van der Waals surface area contributed by atoms with Crippen LogP contribution in [0.2, 0.25) is 0 Å². The third kappa shape index (κ3) is 3.88. The first kappa shape index (κ1) is 14.7. The molecule has 0 bridgehead atoms. The second-order valence-electron chi connectivity index (χ2n) is 4.30. The average Bonchev–Trinajstić information content (AvgIpc) is 2.38. The van der Waals surface area contributed by atoms with Gasteiger partial charge in [0.25, 0.3) is 5.56 Å². The minimum atomic E-state index is -2.87. The standard InChI is InChI=1S/C14H13F2N3O2/c1-9-6-12(17)19(13(20)7-9)18-8-10-2-4-11(5-3-10)21-14(15)16/h2-8,14H,17H2,1H3/b18-8-. The zero-order valence-electron chi connectivity index (χ0n) is 11.2. The Kier molecular flexibility index (Phi) is 4.32. The van der Waals surface area contributed by atoms with Gasteiger partial charge in [-0.3, -0.25) is 4.79 Å². The number of nitrogen functional groups attached to an aromatic ring is 1. The average molecular weight is 293 g/mol. The van der Waals surface area contributed by atoms with Gasteiger partial charge in [-0.15, -0.1) is 0 Å². The Morgan fingerprint density at radius 3 is 2.52 bits per heavy atom. The Morgan fingerprint density at radius 2 is 1.95 bits per heavy atom. The lowest BCUT2D eigenvalue weighted by atomic mass is 10.2. The van der Waals surface area contributed by atoms with E-state index in [0.29, 0.717) is 5.56 Å². The summed E-state index contributed by atoms with van der Waals surface area (Å²) in [4.78, 5) is 11.7. The highest BCUT2D eigenvalue weighted by Crippen LogP contribution is 2.14. The summed E-state index contributed by atoms with van der Waals surface area (Å²) in [5.41, 5.74) is 6.73. The van der Waals surface area contributed by atoms with Crippen molar-refractivity contribution in [1.29, 1.82) is 0 Å². The third-order valence-electron chi connectivity index (χ3n) is 2.61. The molecule has 0 aliphatic heterocycles. The predicted molar refractivity (Wildman–Crippen MR) is 75.9 cm³/mol. The molecule has 0 radical (unpaired) electrons. The summed E-state index contributed by atoms with van der Waals surface area (Å²) in [5.74, 6) is 0.267. The number of benzene rings is 1. The number of pyridine rings is 1. The highest BCUT2D eigenvalue weighted by molar-refractivity contribution is 5.79. The van der Waals surface area contributed by atoms with E-state index in [9.17, 15) is 13.6 Å². The van der Waals surface area contributed by atoms with E-state index in [4.69, 9.17) is 5.73 Å². The van der Waals surface area contributed by atoms with Gasteiger partial charge < -0.3 is 10.5 Å². The van der Waals surface area contributed by atoms with Crippen LogP contribution in [0.4, 0.5) is 14.6 Å². The first-order valence-electron chi connectivity index (χ1n) is 6.04. The van der Waals surface area contributed by atoms with E-state index in [1.54, 1.807) is 13.0 Å². The van der Waals surface area contributed by atoms with Gasteiger partial charge in [0.2, 0.25) is 0 Å². The van der Waals surface area contributed by atoms with E-state index in [1.807, 2.05) is 0 Å². The fourth-order valence-corrected chi connectivity index (χ4v) is 1.70.